The first kappa shape index (κ1) is 15.1. The number of anilines is 1. The molecule has 1 atom stereocenters. The van der Waals surface area contributed by atoms with Gasteiger partial charge in [-0.1, -0.05) is 6.07 Å². The highest BCUT2D eigenvalue weighted by molar-refractivity contribution is 5.74. The van der Waals surface area contributed by atoms with Gasteiger partial charge in [0.05, 0.1) is 0 Å². The van der Waals surface area contributed by atoms with Crippen LogP contribution >= 0.6 is 0 Å². The highest BCUT2D eigenvalue weighted by atomic mass is 16.2. The lowest BCUT2D eigenvalue weighted by Crippen LogP contribution is -2.47. The lowest BCUT2D eigenvalue weighted by molar-refractivity contribution is 0.190. The standard InChI is InChI=1S/C17H26N4O/c1-14(2)19-16(22)21-11-8-17(13-21)7-5-10-20(12-17)15-6-3-4-9-18-15/h3-4,6,9,14H,5,7-8,10-13H2,1-2H3,(H,19,22)/t17-/m1/s1. The summed E-state index contributed by atoms with van der Waals surface area (Å²) in [5.74, 6) is 1.06. The van der Waals surface area contributed by atoms with Crippen molar-refractivity contribution in [3.8, 4) is 0 Å². The third kappa shape index (κ3) is 3.18. The zero-order chi connectivity index (χ0) is 15.6. The number of amides is 2. The second kappa shape index (κ2) is 6.15. The van der Waals surface area contributed by atoms with Gasteiger partial charge in [0, 0.05) is 43.8 Å². The SMILES string of the molecule is CC(C)NC(=O)N1CC[C@@]2(CCCN(c3ccccn3)C2)C1. The van der Waals surface area contributed by atoms with Crippen molar-refractivity contribution in [2.45, 2.75) is 39.2 Å². The van der Waals surface area contributed by atoms with Crippen LogP contribution in [-0.2, 0) is 0 Å². The number of urea groups is 1. The van der Waals surface area contributed by atoms with Crippen LogP contribution in [0.4, 0.5) is 10.6 Å². The van der Waals surface area contributed by atoms with Crippen LogP contribution in [-0.4, -0.2) is 48.1 Å². The average molecular weight is 302 g/mol. The molecule has 2 saturated heterocycles. The molecule has 3 rings (SSSR count). The topological polar surface area (TPSA) is 48.5 Å². The molecule has 3 heterocycles. The van der Waals surface area contributed by atoms with Crippen LogP contribution in [0.1, 0.15) is 33.1 Å². The Bertz CT molecular complexity index is 519. The molecule has 0 aromatic carbocycles. The van der Waals surface area contributed by atoms with Crippen molar-refractivity contribution in [3.63, 3.8) is 0 Å². The summed E-state index contributed by atoms with van der Waals surface area (Å²) >= 11 is 0. The Labute approximate surface area is 132 Å². The fourth-order valence-corrected chi connectivity index (χ4v) is 3.72. The number of likely N-dealkylation sites (tertiary alicyclic amines) is 1. The number of hydrogen-bond donors (Lipinski definition) is 1. The average Bonchev–Trinajstić information content (AvgIpc) is 2.91. The number of rotatable bonds is 2. The van der Waals surface area contributed by atoms with Gasteiger partial charge < -0.3 is 15.1 Å². The number of nitrogens with zero attached hydrogens (tertiary/aromatic N) is 3. The van der Waals surface area contributed by atoms with Gasteiger partial charge in [-0.15, -0.1) is 0 Å². The van der Waals surface area contributed by atoms with Crippen LogP contribution < -0.4 is 10.2 Å². The number of pyridine rings is 1. The van der Waals surface area contributed by atoms with Gasteiger partial charge in [0.2, 0.25) is 0 Å². The maximum atomic E-state index is 12.2. The molecule has 1 aromatic rings. The summed E-state index contributed by atoms with van der Waals surface area (Å²) in [6.45, 7) is 7.83. The van der Waals surface area contributed by atoms with Gasteiger partial charge in [0.25, 0.3) is 0 Å². The fourth-order valence-electron chi connectivity index (χ4n) is 3.72. The van der Waals surface area contributed by atoms with E-state index in [2.05, 4.69) is 21.3 Å². The Morgan fingerprint density at radius 3 is 2.86 bits per heavy atom. The normalized spacial score (nSPS) is 25.0. The zero-order valence-corrected chi connectivity index (χ0v) is 13.6. The minimum absolute atomic E-state index is 0.0850. The molecule has 5 heteroatoms. The van der Waals surface area contributed by atoms with Crippen LogP contribution in [0.2, 0.25) is 0 Å². The minimum Gasteiger partial charge on any atom is -0.356 e. The molecular formula is C17H26N4O. The second-order valence-electron chi connectivity index (χ2n) is 6.99. The number of nitrogens with one attached hydrogen (secondary N) is 1. The fraction of sp³-hybridized carbons (Fsp3) is 0.647. The van der Waals surface area contributed by atoms with Crippen molar-refractivity contribution in [3.05, 3.63) is 24.4 Å². The van der Waals surface area contributed by atoms with Crippen LogP contribution in [0.3, 0.4) is 0 Å². The molecule has 2 aliphatic heterocycles. The molecule has 2 amide bonds. The molecule has 0 bridgehead atoms. The summed E-state index contributed by atoms with van der Waals surface area (Å²) in [6.07, 6.45) is 5.34. The highest BCUT2D eigenvalue weighted by Crippen LogP contribution is 2.39. The minimum atomic E-state index is 0.0850. The third-order valence-corrected chi connectivity index (χ3v) is 4.77. The Kier molecular flexibility index (Phi) is 4.23. The predicted molar refractivity (Wildman–Crippen MR) is 88.0 cm³/mol. The zero-order valence-electron chi connectivity index (χ0n) is 13.6. The van der Waals surface area contributed by atoms with Crippen LogP contribution in [0.5, 0.6) is 0 Å². The molecule has 2 fully saturated rings. The Balaban J connectivity index is 1.66. The van der Waals surface area contributed by atoms with Crippen molar-refractivity contribution in [1.82, 2.24) is 15.2 Å². The summed E-state index contributed by atoms with van der Waals surface area (Å²) in [5, 5.41) is 3.01. The smallest absolute Gasteiger partial charge is 0.317 e. The molecule has 22 heavy (non-hydrogen) atoms. The number of piperidine rings is 1. The monoisotopic (exact) mass is 302 g/mol. The van der Waals surface area contributed by atoms with Gasteiger partial charge in [-0.3, -0.25) is 0 Å². The molecule has 0 unspecified atom stereocenters. The summed E-state index contributed by atoms with van der Waals surface area (Å²) in [7, 11) is 0. The van der Waals surface area contributed by atoms with E-state index in [1.165, 1.54) is 12.8 Å². The number of carbonyl (C=O) groups is 1. The molecule has 2 aliphatic rings. The van der Waals surface area contributed by atoms with Gasteiger partial charge in [-0.05, 0) is 45.2 Å². The Morgan fingerprint density at radius 2 is 2.14 bits per heavy atom. The Morgan fingerprint density at radius 1 is 1.27 bits per heavy atom. The summed E-state index contributed by atoms with van der Waals surface area (Å²) in [5.41, 5.74) is 0.240. The lowest BCUT2D eigenvalue weighted by atomic mass is 9.79. The van der Waals surface area contributed by atoms with Gasteiger partial charge in [0.15, 0.2) is 0 Å². The van der Waals surface area contributed by atoms with Crippen molar-refractivity contribution >= 4 is 11.8 Å². The van der Waals surface area contributed by atoms with E-state index < -0.39 is 0 Å². The van der Waals surface area contributed by atoms with E-state index >= 15 is 0 Å². The van der Waals surface area contributed by atoms with Crippen LogP contribution in [0.25, 0.3) is 0 Å². The number of aromatic nitrogens is 1. The highest BCUT2D eigenvalue weighted by Gasteiger charge is 2.43. The van der Waals surface area contributed by atoms with Crippen LogP contribution in [0.15, 0.2) is 24.4 Å². The van der Waals surface area contributed by atoms with Crippen LogP contribution in [0, 0.1) is 5.41 Å². The number of hydrogen-bond acceptors (Lipinski definition) is 3. The molecule has 0 radical (unpaired) electrons. The molecule has 1 aromatic heterocycles. The molecule has 0 saturated carbocycles. The summed E-state index contributed by atoms with van der Waals surface area (Å²) in [4.78, 5) is 21.1. The van der Waals surface area contributed by atoms with Gasteiger partial charge >= 0.3 is 6.03 Å². The van der Waals surface area contributed by atoms with Crippen molar-refractivity contribution in [2.75, 3.05) is 31.1 Å². The van der Waals surface area contributed by atoms with Crippen molar-refractivity contribution in [2.24, 2.45) is 5.41 Å². The molecule has 1 spiro atoms. The molecule has 120 valence electrons. The molecule has 1 N–H and O–H groups in total. The lowest BCUT2D eigenvalue weighted by Gasteiger charge is -2.41. The van der Waals surface area contributed by atoms with Gasteiger partial charge in [-0.2, -0.15) is 0 Å². The largest absolute Gasteiger partial charge is 0.356 e. The van der Waals surface area contributed by atoms with E-state index in [1.54, 1.807) is 0 Å². The molecule has 0 aliphatic carbocycles. The molecule has 5 nitrogen and oxygen atoms in total. The van der Waals surface area contributed by atoms with E-state index in [0.29, 0.717) is 0 Å². The maximum Gasteiger partial charge on any atom is 0.317 e. The molecular weight excluding hydrogens is 276 g/mol. The first-order chi connectivity index (χ1) is 10.6. The van der Waals surface area contributed by atoms with Gasteiger partial charge in [-0.25, -0.2) is 9.78 Å². The van der Waals surface area contributed by atoms with E-state index in [0.717, 1.165) is 38.4 Å². The maximum absolute atomic E-state index is 12.2. The van der Waals surface area contributed by atoms with Crippen molar-refractivity contribution in [1.29, 1.82) is 0 Å². The quantitative estimate of drug-likeness (QED) is 0.913. The third-order valence-electron chi connectivity index (χ3n) is 4.77. The summed E-state index contributed by atoms with van der Waals surface area (Å²) < 4.78 is 0. The van der Waals surface area contributed by atoms with Crippen molar-refractivity contribution < 1.29 is 4.79 Å². The summed E-state index contributed by atoms with van der Waals surface area (Å²) in [6, 6.07) is 6.36. The van der Waals surface area contributed by atoms with E-state index in [9.17, 15) is 4.79 Å². The number of carbonyl (C=O) groups excluding carboxylic acids is 1. The van der Waals surface area contributed by atoms with E-state index in [1.807, 2.05) is 37.1 Å². The predicted octanol–water partition coefficient (Wildman–Crippen LogP) is 2.49. The second-order valence-corrected chi connectivity index (χ2v) is 6.99. The van der Waals surface area contributed by atoms with Gasteiger partial charge in [0.1, 0.15) is 5.82 Å². The van der Waals surface area contributed by atoms with E-state index in [4.69, 9.17) is 0 Å². The Hall–Kier alpha value is -1.78. The first-order valence-electron chi connectivity index (χ1n) is 8.29. The first-order valence-corrected chi connectivity index (χ1v) is 8.29. The van der Waals surface area contributed by atoms with E-state index in [-0.39, 0.29) is 17.5 Å².